The Morgan fingerprint density at radius 2 is 1.85 bits per heavy atom. The summed E-state index contributed by atoms with van der Waals surface area (Å²) in [5, 5.41) is 9.77. The Kier molecular flexibility index (Phi) is 6.11. The fourth-order valence-electron chi connectivity index (χ4n) is 3.14. The van der Waals surface area contributed by atoms with Crippen LogP contribution in [0, 0.1) is 5.92 Å². The fourth-order valence-corrected chi connectivity index (χ4v) is 3.32. The summed E-state index contributed by atoms with van der Waals surface area (Å²) in [6, 6.07) is 8.88. The lowest BCUT2D eigenvalue weighted by molar-refractivity contribution is -0.137. The molecule has 0 aliphatic heterocycles. The molecule has 1 atom stereocenters. The van der Waals surface area contributed by atoms with Gasteiger partial charge in [-0.15, -0.1) is 0 Å². The molecule has 1 aromatic carbocycles. The number of hydrogen-bond donors (Lipinski definition) is 2. The molecule has 0 bridgehead atoms. The summed E-state index contributed by atoms with van der Waals surface area (Å²) in [5.41, 5.74) is 0.191. The van der Waals surface area contributed by atoms with Gasteiger partial charge in [-0.1, -0.05) is 23.7 Å². The SMILES string of the molecule is CC(Nc1cnn(-c2ccc(C(F)(F)F)cn2)c(=O)c1Cl)c1ccc(NC(=O)C2CC2)cc1. The monoisotopic (exact) mass is 477 g/mol. The van der Waals surface area contributed by atoms with Gasteiger partial charge in [-0.2, -0.15) is 23.0 Å². The van der Waals surface area contributed by atoms with Crippen molar-refractivity contribution in [1.29, 1.82) is 0 Å². The number of nitrogens with one attached hydrogen (secondary N) is 2. The molecule has 0 spiro atoms. The van der Waals surface area contributed by atoms with Crippen LogP contribution < -0.4 is 16.2 Å². The Morgan fingerprint density at radius 1 is 1.15 bits per heavy atom. The molecule has 1 aliphatic carbocycles. The van der Waals surface area contributed by atoms with Crippen LogP contribution in [0.4, 0.5) is 24.5 Å². The van der Waals surface area contributed by atoms with E-state index >= 15 is 0 Å². The summed E-state index contributed by atoms with van der Waals surface area (Å²) < 4.78 is 39.0. The lowest BCUT2D eigenvalue weighted by atomic mass is 10.1. The van der Waals surface area contributed by atoms with Crippen LogP contribution in [0.15, 0.2) is 53.6 Å². The van der Waals surface area contributed by atoms with Crippen LogP contribution in [-0.2, 0) is 11.0 Å². The van der Waals surface area contributed by atoms with Crippen LogP contribution >= 0.6 is 11.6 Å². The average Bonchev–Trinajstić information content (AvgIpc) is 3.63. The van der Waals surface area contributed by atoms with E-state index in [4.69, 9.17) is 11.6 Å². The molecule has 1 aliphatic rings. The summed E-state index contributed by atoms with van der Waals surface area (Å²) in [5.74, 6) is 0.0491. The van der Waals surface area contributed by atoms with Gasteiger partial charge in [0.15, 0.2) is 5.82 Å². The van der Waals surface area contributed by atoms with E-state index in [-0.39, 0.29) is 34.4 Å². The first kappa shape index (κ1) is 22.8. The van der Waals surface area contributed by atoms with E-state index in [2.05, 4.69) is 20.7 Å². The van der Waals surface area contributed by atoms with Crippen molar-refractivity contribution in [2.45, 2.75) is 32.0 Å². The Morgan fingerprint density at radius 3 is 2.42 bits per heavy atom. The zero-order chi connectivity index (χ0) is 23.8. The summed E-state index contributed by atoms with van der Waals surface area (Å²) in [7, 11) is 0. The normalized spacial score (nSPS) is 14.6. The number of halogens is 4. The van der Waals surface area contributed by atoms with Crippen molar-refractivity contribution in [1.82, 2.24) is 14.8 Å². The van der Waals surface area contributed by atoms with Gasteiger partial charge < -0.3 is 10.6 Å². The van der Waals surface area contributed by atoms with E-state index < -0.39 is 17.3 Å². The molecule has 33 heavy (non-hydrogen) atoms. The molecule has 2 N–H and O–H groups in total. The molecule has 11 heteroatoms. The van der Waals surface area contributed by atoms with E-state index in [1.165, 1.54) is 6.20 Å². The molecule has 2 aromatic heterocycles. The second kappa shape index (κ2) is 8.86. The molecule has 172 valence electrons. The predicted molar refractivity (Wildman–Crippen MR) is 117 cm³/mol. The Bertz CT molecular complexity index is 1220. The van der Waals surface area contributed by atoms with Crippen molar-refractivity contribution >= 4 is 28.9 Å². The number of carbonyl (C=O) groups excluding carboxylic acids is 1. The third-order valence-corrected chi connectivity index (χ3v) is 5.57. The second-order valence-electron chi connectivity index (χ2n) is 7.74. The first-order valence-corrected chi connectivity index (χ1v) is 10.5. The van der Waals surface area contributed by atoms with Crippen molar-refractivity contribution < 1.29 is 18.0 Å². The lowest BCUT2D eigenvalue weighted by Crippen LogP contribution is -2.24. The van der Waals surface area contributed by atoms with Crippen LogP contribution in [-0.4, -0.2) is 20.7 Å². The van der Waals surface area contributed by atoms with Gasteiger partial charge in [-0.25, -0.2) is 4.98 Å². The zero-order valence-electron chi connectivity index (χ0n) is 17.4. The highest BCUT2D eigenvalue weighted by molar-refractivity contribution is 6.33. The number of pyridine rings is 1. The molecule has 1 amide bonds. The third kappa shape index (κ3) is 5.16. The average molecular weight is 478 g/mol. The summed E-state index contributed by atoms with van der Waals surface area (Å²) >= 11 is 6.21. The maximum absolute atomic E-state index is 12.7. The maximum Gasteiger partial charge on any atom is 0.417 e. The van der Waals surface area contributed by atoms with Gasteiger partial charge >= 0.3 is 6.18 Å². The number of benzene rings is 1. The minimum absolute atomic E-state index is 0.0230. The topological polar surface area (TPSA) is 88.9 Å². The largest absolute Gasteiger partial charge is 0.417 e. The smallest absolute Gasteiger partial charge is 0.376 e. The predicted octanol–water partition coefficient (Wildman–Crippen LogP) is 4.82. The fraction of sp³-hybridized carbons (Fsp3) is 0.273. The Labute approximate surface area is 191 Å². The Balaban J connectivity index is 1.48. The highest BCUT2D eigenvalue weighted by Crippen LogP contribution is 2.31. The van der Waals surface area contributed by atoms with Crippen LogP contribution in [0.5, 0.6) is 0 Å². The van der Waals surface area contributed by atoms with Crippen molar-refractivity contribution in [2.24, 2.45) is 5.92 Å². The van der Waals surface area contributed by atoms with Gasteiger partial charge in [0.2, 0.25) is 5.91 Å². The molecule has 1 fully saturated rings. The van der Waals surface area contributed by atoms with Crippen molar-refractivity contribution in [3.05, 3.63) is 75.3 Å². The molecule has 1 saturated carbocycles. The van der Waals surface area contributed by atoms with Crippen molar-refractivity contribution in [2.75, 3.05) is 10.6 Å². The number of rotatable bonds is 6. The van der Waals surface area contributed by atoms with Crippen LogP contribution in [0.2, 0.25) is 5.02 Å². The van der Waals surface area contributed by atoms with E-state index in [0.29, 0.717) is 11.9 Å². The van der Waals surface area contributed by atoms with E-state index in [1.54, 1.807) is 12.1 Å². The molecule has 2 heterocycles. The minimum atomic E-state index is -4.54. The first-order chi connectivity index (χ1) is 15.6. The summed E-state index contributed by atoms with van der Waals surface area (Å²) in [4.78, 5) is 28.2. The van der Waals surface area contributed by atoms with E-state index in [9.17, 15) is 22.8 Å². The molecule has 4 rings (SSSR count). The van der Waals surface area contributed by atoms with Gasteiger partial charge in [-0.3, -0.25) is 9.59 Å². The molecule has 0 radical (unpaired) electrons. The highest BCUT2D eigenvalue weighted by Gasteiger charge is 2.31. The van der Waals surface area contributed by atoms with Gasteiger partial charge in [0.25, 0.3) is 5.56 Å². The van der Waals surface area contributed by atoms with Gasteiger partial charge in [0, 0.05) is 23.8 Å². The van der Waals surface area contributed by atoms with E-state index in [1.807, 2.05) is 19.1 Å². The van der Waals surface area contributed by atoms with Gasteiger partial charge in [-0.05, 0) is 49.6 Å². The van der Waals surface area contributed by atoms with Crippen molar-refractivity contribution in [3.63, 3.8) is 0 Å². The number of anilines is 2. The third-order valence-electron chi connectivity index (χ3n) is 5.21. The number of hydrogen-bond acceptors (Lipinski definition) is 5. The van der Waals surface area contributed by atoms with Crippen LogP contribution in [0.25, 0.3) is 5.82 Å². The van der Waals surface area contributed by atoms with Crippen LogP contribution in [0.1, 0.15) is 36.9 Å². The molecule has 1 unspecified atom stereocenters. The quantitative estimate of drug-likeness (QED) is 0.531. The first-order valence-electron chi connectivity index (χ1n) is 10.1. The van der Waals surface area contributed by atoms with Crippen molar-refractivity contribution in [3.8, 4) is 5.82 Å². The molecular weight excluding hydrogens is 459 g/mol. The lowest BCUT2D eigenvalue weighted by Gasteiger charge is -2.17. The van der Waals surface area contributed by atoms with Gasteiger partial charge in [0.1, 0.15) is 5.02 Å². The second-order valence-corrected chi connectivity index (χ2v) is 8.12. The molecule has 7 nitrogen and oxygen atoms in total. The van der Waals surface area contributed by atoms with Crippen LogP contribution in [0.3, 0.4) is 0 Å². The summed E-state index contributed by atoms with van der Waals surface area (Å²) in [6.07, 6.45) is -0.751. The molecular formula is C22H19ClF3N5O2. The minimum Gasteiger partial charge on any atom is -0.376 e. The number of nitrogens with zero attached hydrogens (tertiary/aromatic N) is 3. The molecule has 0 saturated heterocycles. The maximum atomic E-state index is 12.7. The summed E-state index contributed by atoms with van der Waals surface area (Å²) in [6.45, 7) is 1.86. The number of carbonyl (C=O) groups is 1. The van der Waals surface area contributed by atoms with E-state index in [0.717, 1.165) is 35.2 Å². The number of aromatic nitrogens is 3. The molecule has 3 aromatic rings. The highest BCUT2D eigenvalue weighted by atomic mass is 35.5. The number of amides is 1. The zero-order valence-corrected chi connectivity index (χ0v) is 18.1. The van der Waals surface area contributed by atoms with Gasteiger partial charge in [0.05, 0.1) is 17.4 Å². The Hall–Kier alpha value is -3.40. The number of alkyl halides is 3. The standard InChI is InChI=1S/C22H19ClF3N5O2/c1-12(13-4-7-16(8-5-13)30-20(32)14-2-3-14)29-17-11-28-31(21(33)19(17)23)18-9-6-15(10-27-18)22(24,25)26/h4-12,14,29H,2-3H2,1H3,(H,30,32).